The fourth-order valence-electron chi connectivity index (χ4n) is 0.426. The van der Waals surface area contributed by atoms with E-state index in [0.29, 0.717) is 0 Å². The molecule has 0 aliphatic rings. The molecule has 0 heterocycles. The van der Waals surface area contributed by atoms with Crippen molar-refractivity contribution < 1.29 is 4.39 Å². The van der Waals surface area contributed by atoms with Crippen molar-refractivity contribution in [1.29, 1.82) is 0 Å². The van der Waals surface area contributed by atoms with Crippen LogP contribution in [0.3, 0.4) is 0 Å². The fraction of sp³-hybridized carbons (Fsp3) is 0.250. The van der Waals surface area contributed by atoms with Gasteiger partial charge in [-0.2, -0.15) is 0 Å². The van der Waals surface area contributed by atoms with Gasteiger partial charge in [0.15, 0.2) is 0 Å². The summed E-state index contributed by atoms with van der Waals surface area (Å²) >= 11 is 3.17. The van der Waals surface area contributed by atoms with Crippen molar-refractivity contribution in [3.05, 3.63) is 34.6 Å². The molecule has 56 valence electrons. The summed E-state index contributed by atoms with van der Waals surface area (Å²) in [7, 11) is 0. The third kappa shape index (κ3) is 5.76. The van der Waals surface area contributed by atoms with Gasteiger partial charge in [-0.1, -0.05) is 28.1 Å². The van der Waals surface area contributed by atoms with Crippen LogP contribution in [-0.2, 0) is 0 Å². The normalized spacial score (nSPS) is 14.8. The second-order valence-corrected chi connectivity index (χ2v) is 2.72. The van der Waals surface area contributed by atoms with Crippen molar-refractivity contribution in [2.45, 2.75) is 13.8 Å². The molecule has 0 aromatic rings. The summed E-state index contributed by atoms with van der Waals surface area (Å²) < 4.78 is 12.9. The Kier molecular flexibility index (Phi) is 5.22. The summed E-state index contributed by atoms with van der Waals surface area (Å²) in [6.45, 7) is 3.31. The van der Waals surface area contributed by atoms with E-state index in [1.54, 1.807) is 6.08 Å². The Morgan fingerprint density at radius 1 is 1.50 bits per heavy atom. The van der Waals surface area contributed by atoms with Crippen molar-refractivity contribution in [3.8, 4) is 0 Å². The first-order chi connectivity index (χ1) is 4.66. The van der Waals surface area contributed by atoms with E-state index in [4.69, 9.17) is 0 Å². The van der Waals surface area contributed by atoms with Gasteiger partial charge in [0.2, 0.25) is 0 Å². The maximum absolute atomic E-state index is 12.1. The smallest absolute Gasteiger partial charge is 0.0979 e. The van der Waals surface area contributed by atoms with Gasteiger partial charge in [-0.3, -0.25) is 0 Å². The fourth-order valence-corrected chi connectivity index (χ4v) is 0.894. The third-order valence-electron chi connectivity index (χ3n) is 0.785. The summed E-state index contributed by atoms with van der Waals surface area (Å²) in [5.74, 6) is -0.201. The van der Waals surface area contributed by atoms with E-state index in [1.807, 2.05) is 19.1 Å². The SMILES string of the molecule is C/C=C/C=C(Br)\C=C(/C)F. The van der Waals surface area contributed by atoms with Crippen LogP contribution in [0.15, 0.2) is 34.6 Å². The Morgan fingerprint density at radius 2 is 2.10 bits per heavy atom. The lowest BCUT2D eigenvalue weighted by atomic mass is 10.4. The molecule has 2 heteroatoms. The topological polar surface area (TPSA) is 0 Å². The van der Waals surface area contributed by atoms with E-state index in [-0.39, 0.29) is 5.83 Å². The van der Waals surface area contributed by atoms with E-state index < -0.39 is 0 Å². The molecule has 0 fully saturated rings. The molecule has 0 bridgehead atoms. The summed E-state index contributed by atoms with van der Waals surface area (Å²) in [6.07, 6.45) is 6.91. The molecule has 0 atom stereocenters. The van der Waals surface area contributed by atoms with E-state index in [0.717, 1.165) is 4.48 Å². The Hall–Kier alpha value is -0.370. The molecular weight excluding hydrogens is 195 g/mol. The molecule has 0 aromatic heterocycles. The van der Waals surface area contributed by atoms with E-state index in [1.165, 1.54) is 13.0 Å². The first-order valence-corrected chi connectivity index (χ1v) is 3.78. The molecule has 0 nitrogen and oxygen atoms in total. The van der Waals surface area contributed by atoms with Crippen molar-refractivity contribution in [1.82, 2.24) is 0 Å². The Morgan fingerprint density at radius 3 is 2.50 bits per heavy atom. The molecule has 0 rings (SSSR count). The minimum absolute atomic E-state index is 0.201. The predicted molar refractivity (Wildman–Crippen MR) is 46.7 cm³/mol. The van der Waals surface area contributed by atoms with Gasteiger partial charge in [0.1, 0.15) is 0 Å². The highest BCUT2D eigenvalue weighted by atomic mass is 79.9. The number of rotatable bonds is 2. The number of halogens is 2. The van der Waals surface area contributed by atoms with Gasteiger partial charge in [0.05, 0.1) is 5.83 Å². The summed E-state index contributed by atoms with van der Waals surface area (Å²) in [5.41, 5.74) is 0. The molecule has 0 N–H and O–H groups in total. The van der Waals surface area contributed by atoms with Gasteiger partial charge < -0.3 is 0 Å². The van der Waals surface area contributed by atoms with Crippen LogP contribution in [0.2, 0.25) is 0 Å². The van der Waals surface area contributed by atoms with Crippen LogP contribution < -0.4 is 0 Å². The lowest BCUT2D eigenvalue weighted by Crippen LogP contribution is -1.63. The molecule has 0 aromatic carbocycles. The van der Waals surface area contributed by atoms with Gasteiger partial charge in [0.25, 0.3) is 0 Å². The summed E-state index contributed by atoms with van der Waals surface area (Å²) in [5, 5.41) is 0. The first-order valence-electron chi connectivity index (χ1n) is 2.99. The summed E-state index contributed by atoms with van der Waals surface area (Å²) in [4.78, 5) is 0. The van der Waals surface area contributed by atoms with Gasteiger partial charge in [-0.25, -0.2) is 4.39 Å². The maximum Gasteiger partial charge on any atom is 0.0979 e. The zero-order valence-electron chi connectivity index (χ0n) is 6.07. The second kappa shape index (κ2) is 5.42. The predicted octanol–water partition coefficient (Wildman–Crippen LogP) is 3.71. The minimum atomic E-state index is -0.201. The average Bonchev–Trinajstić information content (AvgIpc) is 1.82. The number of hydrogen-bond acceptors (Lipinski definition) is 0. The van der Waals surface area contributed by atoms with Crippen molar-refractivity contribution in [2.24, 2.45) is 0 Å². The Bertz CT molecular complexity index is 174. The van der Waals surface area contributed by atoms with E-state index in [2.05, 4.69) is 15.9 Å². The van der Waals surface area contributed by atoms with Crippen LogP contribution >= 0.6 is 15.9 Å². The monoisotopic (exact) mass is 204 g/mol. The van der Waals surface area contributed by atoms with Crippen LogP contribution in [0.1, 0.15) is 13.8 Å². The standard InChI is InChI=1S/C8H10BrF/c1-3-4-5-8(9)6-7(2)10/h3-6H,1-2H3/b4-3+,7-6+,8-5+. The highest BCUT2D eigenvalue weighted by Crippen LogP contribution is 2.10. The largest absolute Gasteiger partial charge is 0.212 e. The van der Waals surface area contributed by atoms with E-state index in [9.17, 15) is 4.39 Å². The molecule has 0 aliphatic heterocycles. The molecule has 0 unspecified atom stereocenters. The zero-order chi connectivity index (χ0) is 7.98. The Labute approximate surface area is 69.3 Å². The number of allylic oxidation sites excluding steroid dienone is 6. The quantitative estimate of drug-likeness (QED) is 0.602. The molecule has 0 saturated carbocycles. The second-order valence-electron chi connectivity index (χ2n) is 1.81. The molecule has 0 spiro atoms. The van der Waals surface area contributed by atoms with Gasteiger partial charge in [-0.05, 0) is 26.0 Å². The molecule has 0 radical (unpaired) electrons. The minimum Gasteiger partial charge on any atom is -0.212 e. The lowest BCUT2D eigenvalue weighted by molar-refractivity contribution is 0.640. The van der Waals surface area contributed by atoms with Crippen LogP contribution in [0.5, 0.6) is 0 Å². The lowest BCUT2D eigenvalue weighted by Gasteiger charge is -1.84. The van der Waals surface area contributed by atoms with Crippen LogP contribution in [-0.4, -0.2) is 0 Å². The third-order valence-corrected chi connectivity index (χ3v) is 1.28. The summed E-state index contributed by atoms with van der Waals surface area (Å²) in [6, 6.07) is 0. The van der Waals surface area contributed by atoms with Gasteiger partial charge in [-0.15, -0.1) is 0 Å². The number of hydrogen-bond donors (Lipinski definition) is 0. The highest BCUT2D eigenvalue weighted by molar-refractivity contribution is 9.11. The Balaban J connectivity index is 4.08. The van der Waals surface area contributed by atoms with Crippen molar-refractivity contribution in [3.63, 3.8) is 0 Å². The van der Waals surface area contributed by atoms with Crippen molar-refractivity contribution in [2.75, 3.05) is 0 Å². The zero-order valence-corrected chi connectivity index (χ0v) is 7.65. The van der Waals surface area contributed by atoms with Gasteiger partial charge >= 0.3 is 0 Å². The van der Waals surface area contributed by atoms with Crippen LogP contribution in [0.4, 0.5) is 4.39 Å². The van der Waals surface area contributed by atoms with Crippen LogP contribution in [0, 0.1) is 0 Å². The average molecular weight is 205 g/mol. The maximum atomic E-state index is 12.1. The molecular formula is C8H10BrF. The molecule has 0 amide bonds. The first kappa shape index (κ1) is 9.63. The molecule has 0 saturated heterocycles. The van der Waals surface area contributed by atoms with Gasteiger partial charge in [0, 0.05) is 4.48 Å². The van der Waals surface area contributed by atoms with Crippen molar-refractivity contribution >= 4 is 15.9 Å². The highest BCUT2D eigenvalue weighted by Gasteiger charge is 1.84. The van der Waals surface area contributed by atoms with Crippen LogP contribution in [0.25, 0.3) is 0 Å². The van der Waals surface area contributed by atoms with E-state index >= 15 is 0 Å². The molecule has 0 aliphatic carbocycles. The molecule has 10 heavy (non-hydrogen) atoms.